The third kappa shape index (κ3) is 3.20. The van der Waals surface area contributed by atoms with E-state index in [4.69, 9.17) is 5.73 Å². The van der Waals surface area contributed by atoms with Crippen LogP contribution in [0.4, 0.5) is 0 Å². The molecular weight excluding hydrogens is 194 g/mol. The molecule has 0 spiro atoms. The molecule has 2 amide bonds. The molecule has 0 aromatic rings. The van der Waals surface area contributed by atoms with Gasteiger partial charge in [0.2, 0.25) is 11.8 Å². The zero-order chi connectivity index (χ0) is 11.3. The van der Waals surface area contributed by atoms with Gasteiger partial charge in [-0.2, -0.15) is 0 Å². The first kappa shape index (κ1) is 12.0. The Kier molecular flexibility index (Phi) is 4.55. The van der Waals surface area contributed by atoms with Crippen LogP contribution < -0.4 is 5.73 Å². The molecule has 5 nitrogen and oxygen atoms in total. The normalized spacial score (nSPS) is 18.3. The van der Waals surface area contributed by atoms with Gasteiger partial charge in [-0.15, -0.1) is 0 Å². The van der Waals surface area contributed by atoms with Crippen molar-refractivity contribution in [2.45, 2.75) is 19.8 Å². The summed E-state index contributed by atoms with van der Waals surface area (Å²) < 4.78 is 0. The predicted octanol–water partition coefficient (Wildman–Crippen LogP) is -0.584. The van der Waals surface area contributed by atoms with Gasteiger partial charge in [0.05, 0.1) is 0 Å². The van der Waals surface area contributed by atoms with Gasteiger partial charge in [0.25, 0.3) is 0 Å². The molecule has 0 unspecified atom stereocenters. The fraction of sp³-hybridized carbons (Fsp3) is 0.800. The minimum absolute atomic E-state index is 0.0123. The lowest BCUT2D eigenvalue weighted by molar-refractivity contribution is -0.137. The maximum absolute atomic E-state index is 11.6. The van der Waals surface area contributed by atoms with Crippen molar-refractivity contribution in [3.8, 4) is 0 Å². The van der Waals surface area contributed by atoms with E-state index in [1.807, 2.05) is 6.92 Å². The number of carbonyl (C=O) groups is 2. The van der Waals surface area contributed by atoms with Gasteiger partial charge in [-0.25, -0.2) is 0 Å². The standard InChI is InChI=1S/C10H19N3O2/c1-2-12-6-7-13(5-3-4-11)10(15)8-9(12)14/h2-8,11H2,1H3. The van der Waals surface area contributed by atoms with Gasteiger partial charge in [-0.05, 0) is 19.9 Å². The minimum atomic E-state index is -0.0654. The number of nitrogens with zero attached hydrogens (tertiary/aromatic N) is 2. The van der Waals surface area contributed by atoms with Crippen molar-refractivity contribution in [3.63, 3.8) is 0 Å². The van der Waals surface area contributed by atoms with Crippen molar-refractivity contribution in [1.29, 1.82) is 0 Å². The number of nitrogens with two attached hydrogens (primary N) is 1. The van der Waals surface area contributed by atoms with Crippen LogP contribution in [0, 0.1) is 0 Å². The lowest BCUT2D eigenvalue weighted by atomic mass is 10.3. The molecule has 0 aliphatic carbocycles. The second kappa shape index (κ2) is 5.70. The Morgan fingerprint density at radius 2 is 1.80 bits per heavy atom. The number of likely N-dealkylation sites (N-methyl/N-ethyl adjacent to an activating group) is 1. The van der Waals surface area contributed by atoms with Crippen molar-refractivity contribution in [3.05, 3.63) is 0 Å². The van der Waals surface area contributed by atoms with Gasteiger partial charge in [0.15, 0.2) is 0 Å². The first-order chi connectivity index (χ1) is 7.19. The van der Waals surface area contributed by atoms with Gasteiger partial charge in [-0.3, -0.25) is 9.59 Å². The largest absolute Gasteiger partial charge is 0.341 e. The van der Waals surface area contributed by atoms with Gasteiger partial charge >= 0.3 is 0 Å². The van der Waals surface area contributed by atoms with E-state index >= 15 is 0 Å². The molecule has 1 rings (SSSR count). The number of carbonyl (C=O) groups excluding carboxylic acids is 2. The Labute approximate surface area is 90.2 Å². The fourth-order valence-corrected chi connectivity index (χ4v) is 1.70. The SMILES string of the molecule is CCN1CCN(CCCN)C(=O)CC1=O. The molecule has 0 saturated carbocycles. The highest BCUT2D eigenvalue weighted by molar-refractivity contribution is 5.97. The second-order valence-corrected chi connectivity index (χ2v) is 3.67. The zero-order valence-electron chi connectivity index (χ0n) is 9.24. The maximum Gasteiger partial charge on any atom is 0.232 e. The van der Waals surface area contributed by atoms with Crippen molar-refractivity contribution < 1.29 is 9.59 Å². The summed E-state index contributed by atoms with van der Waals surface area (Å²) in [6.07, 6.45) is 0.810. The molecule has 0 aromatic heterocycles. The molecule has 0 aromatic carbocycles. The molecule has 0 bridgehead atoms. The highest BCUT2D eigenvalue weighted by Gasteiger charge is 2.24. The molecular formula is C10H19N3O2. The molecule has 1 saturated heterocycles. The number of rotatable bonds is 4. The number of amides is 2. The van der Waals surface area contributed by atoms with Gasteiger partial charge < -0.3 is 15.5 Å². The molecule has 1 aliphatic heterocycles. The van der Waals surface area contributed by atoms with Crippen molar-refractivity contribution in [2.24, 2.45) is 5.73 Å². The summed E-state index contributed by atoms with van der Waals surface area (Å²) in [5, 5.41) is 0. The molecule has 86 valence electrons. The molecule has 2 N–H and O–H groups in total. The summed E-state index contributed by atoms with van der Waals surface area (Å²) in [4.78, 5) is 26.6. The Bertz CT molecular complexity index is 243. The Hall–Kier alpha value is -1.10. The molecule has 15 heavy (non-hydrogen) atoms. The highest BCUT2D eigenvalue weighted by atomic mass is 16.2. The maximum atomic E-state index is 11.6. The van der Waals surface area contributed by atoms with E-state index in [-0.39, 0.29) is 18.2 Å². The summed E-state index contributed by atoms with van der Waals surface area (Å²) in [5.41, 5.74) is 5.40. The topological polar surface area (TPSA) is 66.6 Å². The van der Waals surface area contributed by atoms with E-state index in [2.05, 4.69) is 0 Å². The number of hydrogen-bond acceptors (Lipinski definition) is 3. The van der Waals surface area contributed by atoms with Crippen LogP contribution in [0.25, 0.3) is 0 Å². The molecule has 5 heteroatoms. The molecule has 1 fully saturated rings. The van der Waals surface area contributed by atoms with E-state index in [1.165, 1.54) is 0 Å². The molecule has 1 aliphatic rings. The van der Waals surface area contributed by atoms with E-state index in [9.17, 15) is 9.59 Å². The number of hydrogen-bond donors (Lipinski definition) is 1. The van der Waals surface area contributed by atoms with E-state index in [1.54, 1.807) is 9.80 Å². The lowest BCUT2D eigenvalue weighted by Gasteiger charge is -2.20. The highest BCUT2D eigenvalue weighted by Crippen LogP contribution is 2.06. The third-order valence-corrected chi connectivity index (χ3v) is 2.66. The van der Waals surface area contributed by atoms with Crippen LogP contribution in [0.2, 0.25) is 0 Å². The molecule has 0 atom stereocenters. The summed E-state index contributed by atoms with van der Waals surface area (Å²) in [6.45, 7) is 5.13. The fourth-order valence-electron chi connectivity index (χ4n) is 1.70. The predicted molar refractivity (Wildman–Crippen MR) is 57.1 cm³/mol. The average Bonchev–Trinajstić information content (AvgIpc) is 2.34. The first-order valence-electron chi connectivity index (χ1n) is 5.44. The monoisotopic (exact) mass is 213 g/mol. The van der Waals surface area contributed by atoms with Crippen LogP contribution in [0.3, 0.4) is 0 Å². The molecule has 1 heterocycles. The van der Waals surface area contributed by atoms with Crippen LogP contribution in [-0.4, -0.2) is 54.3 Å². The average molecular weight is 213 g/mol. The summed E-state index contributed by atoms with van der Waals surface area (Å²) in [7, 11) is 0. The van der Waals surface area contributed by atoms with Crippen LogP contribution in [0.15, 0.2) is 0 Å². The third-order valence-electron chi connectivity index (χ3n) is 2.66. The summed E-state index contributed by atoms with van der Waals surface area (Å²) in [5.74, 6) is -0.123. The Morgan fingerprint density at radius 3 is 2.40 bits per heavy atom. The van der Waals surface area contributed by atoms with Crippen molar-refractivity contribution in [2.75, 3.05) is 32.7 Å². The van der Waals surface area contributed by atoms with Gasteiger partial charge in [0.1, 0.15) is 6.42 Å². The molecule has 0 radical (unpaired) electrons. The second-order valence-electron chi connectivity index (χ2n) is 3.67. The van der Waals surface area contributed by atoms with Crippen LogP contribution in [-0.2, 0) is 9.59 Å². The van der Waals surface area contributed by atoms with Crippen molar-refractivity contribution >= 4 is 11.8 Å². The van der Waals surface area contributed by atoms with E-state index < -0.39 is 0 Å². The summed E-state index contributed by atoms with van der Waals surface area (Å²) >= 11 is 0. The smallest absolute Gasteiger partial charge is 0.232 e. The van der Waals surface area contributed by atoms with E-state index in [0.29, 0.717) is 32.7 Å². The first-order valence-corrected chi connectivity index (χ1v) is 5.44. The summed E-state index contributed by atoms with van der Waals surface area (Å²) in [6, 6.07) is 0. The van der Waals surface area contributed by atoms with Crippen molar-refractivity contribution in [1.82, 2.24) is 9.80 Å². The Morgan fingerprint density at radius 1 is 1.20 bits per heavy atom. The minimum Gasteiger partial charge on any atom is -0.341 e. The lowest BCUT2D eigenvalue weighted by Crippen LogP contribution is -2.35. The van der Waals surface area contributed by atoms with E-state index in [0.717, 1.165) is 6.42 Å². The van der Waals surface area contributed by atoms with Gasteiger partial charge in [-0.1, -0.05) is 0 Å². The zero-order valence-corrected chi connectivity index (χ0v) is 9.24. The van der Waals surface area contributed by atoms with Crippen LogP contribution in [0.1, 0.15) is 19.8 Å². The van der Waals surface area contributed by atoms with Crippen LogP contribution >= 0.6 is 0 Å². The quantitative estimate of drug-likeness (QED) is 0.635. The Balaban J connectivity index is 2.55. The van der Waals surface area contributed by atoms with Crippen LogP contribution in [0.5, 0.6) is 0 Å². The van der Waals surface area contributed by atoms with Gasteiger partial charge in [0, 0.05) is 26.2 Å².